The van der Waals surface area contributed by atoms with Crippen molar-refractivity contribution in [2.75, 3.05) is 5.73 Å². The molecule has 1 aliphatic carbocycles. The Labute approximate surface area is 194 Å². The number of halogens is 1. The number of carbonyl (C=O) groups excluding carboxylic acids is 2. The van der Waals surface area contributed by atoms with Crippen LogP contribution in [-0.2, 0) is 0 Å². The van der Waals surface area contributed by atoms with E-state index >= 15 is 0 Å². The number of carbonyl (C=O) groups is 2. The monoisotopic (exact) mass is 530 g/mol. The quantitative estimate of drug-likeness (QED) is 0.289. The standard InChI is InChI=1S/C23H23IN4O3/c1-13-6-7-16(23(31)27(14(2)29)18-8-9-18)11-20(13)28-22(25)19(12-26-28)21(30)15-4-3-5-17(24)10-15/h3-7,10-12,14,18,29H,8-9,25H2,1-2H3. The van der Waals surface area contributed by atoms with Crippen LogP contribution in [0.1, 0.15) is 51.6 Å². The number of nitrogens with zero attached hydrogens (tertiary/aromatic N) is 3. The summed E-state index contributed by atoms with van der Waals surface area (Å²) in [5.74, 6) is -0.230. The minimum absolute atomic E-state index is 0.0740. The molecule has 1 unspecified atom stereocenters. The number of nitrogen functional groups attached to an aromatic ring is 1. The van der Waals surface area contributed by atoms with Gasteiger partial charge in [-0.05, 0) is 79.1 Å². The zero-order chi connectivity index (χ0) is 22.3. The van der Waals surface area contributed by atoms with Gasteiger partial charge in [0.05, 0.1) is 17.4 Å². The fourth-order valence-corrected chi connectivity index (χ4v) is 4.17. The second kappa shape index (κ2) is 8.43. The van der Waals surface area contributed by atoms with E-state index in [-0.39, 0.29) is 23.6 Å². The molecule has 4 rings (SSSR count). The van der Waals surface area contributed by atoms with Gasteiger partial charge >= 0.3 is 0 Å². The largest absolute Gasteiger partial charge is 0.383 e. The van der Waals surface area contributed by atoms with Crippen LogP contribution in [0.4, 0.5) is 5.82 Å². The fourth-order valence-electron chi connectivity index (χ4n) is 3.62. The summed E-state index contributed by atoms with van der Waals surface area (Å²) in [6, 6.07) is 12.6. The lowest BCUT2D eigenvalue weighted by Crippen LogP contribution is -2.40. The molecule has 0 bridgehead atoms. The van der Waals surface area contributed by atoms with Crippen LogP contribution in [0.2, 0.25) is 0 Å². The molecule has 1 fully saturated rings. The number of aliphatic hydroxyl groups is 1. The third-order valence-electron chi connectivity index (χ3n) is 5.40. The lowest BCUT2D eigenvalue weighted by molar-refractivity contribution is 0.0137. The summed E-state index contributed by atoms with van der Waals surface area (Å²) in [5, 5.41) is 14.4. The van der Waals surface area contributed by atoms with Gasteiger partial charge in [-0.1, -0.05) is 18.2 Å². The highest BCUT2D eigenvalue weighted by molar-refractivity contribution is 14.1. The number of anilines is 1. The molecule has 0 radical (unpaired) electrons. The zero-order valence-corrected chi connectivity index (χ0v) is 19.4. The van der Waals surface area contributed by atoms with E-state index in [4.69, 9.17) is 5.73 Å². The van der Waals surface area contributed by atoms with Gasteiger partial charge in [-0.15, -0.1) is 0 Å². The average molecular weight is 530 g/mol. The molecule has 1 atom stereocenters. The maximum atomic E-state index is 13.0. The maximum Gasteiger partial charge on any atom is 0.256 e. The highest BCUT2D eigenvalue weighted by Gasteiger charge is 2.35. The lowest BCUT2D eigenvalue weighted by Gasteiger charge is -2.25. The van der Waals surface area contributed by atoms with Crippen molar-refractivity contribution < 1.29 is 14.7 Å². The van der Waals surface area contributed by atoms with E-state index in [0.717, 1.165) is 22.0 Å². The van der Waals surface area contributed by atoms with Crippen molar-refractivity contribution in [2.24, 2.45) is 0 Å². The number of rotatable bonds is 6. The van der Waals surface area contributed by atoms with Crippen molar-refractivity contribution in [3.05, 3.63) is 74.5 Å². The van der Waals surface area contributed by atoms with Crippen molar-refractivity contribution in [3.63, 3.8) is 0 Å². The number of aliphatic hydroxyl groups excluding tert-OH is 1. The van der Waals surface area contributed by atoms with Gasteiger partial charge in [0.1, 0.15) is 12.0 Å². The van der Waals surface area contributed by atoms with E-state index in [1.807, 2.05) is 25.1 Å². The number of ketones is 1. The summed E-state index contributed by atoms with van der Waals surface area (Å²) in [5.41, 5.74) is 9.07. The predicted octanol–water partition coefficient (Wildman–Crippen LogP) is 3.54. The summed E-state index contributed by atoms with van der Waals surface area (Å²) in [6.07, 6.45) is 2.38. The van der Waals surface area contributed by atoms with Gasteiger partial charge in [-0.25, -0.2) is 4.68 Å². The van der Waals surface area contributed by atoms with Crippen molar-refractivity contribution in [2.45, 2.75) is 39.0 Å². The van der Waals surface area contributed by atoms with Crippen molar-refractivity contribution >= 4 is 40.1 Å². The molecule has 7 nitrogen and oxygen atoms in total. The molecule has 3 aromatic rings. The van der Waals surface area contributed by atoms with Crippen LogP contribution >= 0.6 is 22.6 Å². The Morgan fingerprint density at radius 2 is 1.97 bits per heavy atom. The van der Waals surface area contributed by atoms with Crippen LogP contribution in [-0.4, -0.2) is 43.7 Å². The molecule has 1 amide bonds. The molecule has 31 heavy (non-hydrogen) atoms. The van der Waals surface area contributed by atoms with E-state index < -0.39 is 6.23 Å². The lowest BCUT2D eigenvalue weighted by atomic mass is 10.1. The second-order valence-corrected chi connectivity index (χ2v) is 9.02. The number of hydrogen-bond donors (Lipinski definition) is 2. The summed E-state index contributed by atoms with van der Waals surface area (Å²) in [4.78, 5) is 27.5. The number of aromatic nitrogens is 2. The predicted molar refractivity (Wildman–Crippen MR) is 126 cm³/mol. The Morgan fingerprint density at radius 1 is 1.23 bits per heavy atom. The third kappa shape index (κ3) is 4.22. The van der Waals surface area contributed by atoms with E-state index in [1.165, 1.54) is 15.8 Å². The minimum Gasteiger partial charge on any atom is -0.383 e. The Kier molecular flexibility index (Phi) is 5.85. The third-order valence-corrected chi connectivity index (χ3v) is 6.07. The molecule has 3 N–H and O–H groups in total. The average Bonchev–Trinajstić information content (AvgIpc) is 3.49. The molecule has 1 aromatic heterocycles. The molecule has 1 saturated carbocycles. The number of aryl methyl sites for hydroxylation is 1. The van der Waals surface area contributed by atoms with Gasteiger partial charge in [0.2, 0.25) is 0 Å². The minimum atomic E-state index is -0.864. The normalized spacial score (nSPS) is 14.3. The molecule has 0 aliphatic heterocycles. The Hall–Kier alpha value is -2.72. The van der Waals surface area contributed by atoms with Crippen LogP contribution < -0.4 is 5.73 Å². The van der Waals surface area contributed by atoms with Gasteiger partial charge < -0.3 is 15.7 Å². The second-order valence-electron chi connectivity index (χ2n) is 7.77. The molecular weight excluding hydrogens is 507 g/mol. The number of hydrogen-bond acceptors (Lipinski definition) is 5. The fraction of sp³-hybridized carbons (Fsp3) is 0.261. The molecule has 160 valence electrons. The molecule has 8 heteroatoms. The first-order valence-electron chi connectivity index (χ1n) is 10.0. The molecule has 2 aromatic carbocycles. The van der Waals surface area contributed by atoms with Crippen molar-refractivity contribution in [1.82, 2.24) is 14.7 Å². The van der Waals surface area contributed by atoms with Crippen LogP contribution in [0.15, 0.2) is 48.7 Å². The number of nitrogens with two attached hydrogens (primary N) is 1. The number of benzene rings is 2. The zero-order valence-electron chi connectivity index (χ0n) is 17.2. The summed E-state index contributed by atoms with van der Waals surface area (Å²) in [7, 11) is 0. The maximum absolute atomic E-state index is 13.0. The first-order valence-corrected chi connectivity index (χ1v) is 11.1. The van der Waals surface area contributed by atoms with Gasteiger partial charge in [0.15, 0.2) is 5.78 Å². The van der Waals surface area contributed by atoms with Gasteiger partial charge in [-0.2, -0.15) is 5.10 Å². The van der Waals surface area contributed by atoms with E-state index in [9.17, 15) is 14.7 Å². The van der Waals surface area contributed by atoms with Crippen LogP contribution in [0, 0.1) is 10.5 Å². The van der Waals surface area contributed by atoms with Crippen LogP contribution in [0.25, 0.3) is 5.69 Å². The van der Waals surface area contributed by atoms with Gasteiger partial charge in [-0.3, -0.25) is 9.59 Å². The topological polar surface area (TPSA) is 101 Å². The van der Waals surface area contributed by atoms with Crippen molar-refractivity contribution in [3.8, 4) is 5.69 Å². The van der Waals surface area contributed by atoms with Crippen molar-refractivity contribution in [1.29, 1.82) is 0 Å². The Morgan fingerprint density at radius 3 is 2.61 bits per heavy atom. The summed E-state index contributed by atoms with van der Waals surface area (Å²) >= 11 is 2.16. The highest BCUT2D eigenvalue weighted by atomic mass is 127. The highest BCUT2D eigenvalue weighted by Crippen LogP contribution is 2.30. The smallest absolute Gasteiger partial charge is 0.256 e. The molecule has 1 aliphatic rings. The van der Waals surface area contributed by atoms with Gasteiger partial charge in [0.25, 0.3) is 5.91 Å². The van der Waals surface area contributed by atoms with E-state index in [0.29, 0.717) is 22.4 Å². The van der Waals surface area contributed by atoms with Crippen LogP contribution in [0.5, 0.6) is 0 Å². The molecular formula is C23H23IN4O3. The molecule has 0 spiro atoms. The van der Waals surface area contributed by atoms with Crippen LogP contribution in [0.3, 0.4) is 0 Å². The van der Waals surface area contributed by atoms with E-state index in [1.54, 1.807) is 31.2 Å². The summed E-state index contributed by atoms with van der Waals surface area (Å²) in [6.45, 7) is 3.48. The van der Waals surface area contributed by atoms with Gasteiger partial charge in [0, 0.05) is 20.7 Å². The SMILES string of the molecule is Cc1ccc(C(=O)N(C(C)O)C2CC2)cc1-n1ncc(C(=O)c2cccc(I)c2)c1N. The molecule has 1 heterocycles. The Bertz CT molecular complexity index is 1170. The number of amides is 1. The molecule has 0 saturated heterocycles. The van der Waals surface area contributed by atoms with E-state index in [2.05, 4.69) is 27.7 Å². The Balaban J connectivity index is 1.70. The summed E-state index contributed by atoms with van der Waals surface area (Å²) < 4.78 is 2.44. The first kappa shape index (κ1) is 21.5. The first-order chi connectivity index (χ1) is 14.8.